The topological polar surface area (TPSA) is 87.2 Å². The summed E-state index contributed by atoms with van der Waals surface area (Å²) in [4.78, 5) is 14.1. The van der Waals surface area contributed by atoms with Crippen molar-refractivity contribution in [3.8, 4) is 5.75 Å². The maximum atomic E-state index is 13.0. The molecule has 3 rings (SSSR count). The molecule has 0 aliphatic carbocycles. The molecule has 1 aliphatic rings. The number of fused-ring (bicyclic) bond motifs is 1. The lowest BCUT2D eigenvalue weighted by molar-refractivity contribution is 0.0285. The minimum atomic E-state index is -3.99. The highest BCUT2D eigenvalue weighted by molar-refractivity contribution is 7.90. The number of hydrogen-bond acceptors (Lipinski definition) is 5. The third-order valence-corrected chi connectivity index (χ3v) is 5.89. The number of nitrogens with zero attached hydrogens (tertiary/aromatic N) is 2. The number of rotatable bonds is 5. The lowest BCUT2D eigenvalue weighted by atomic mass is 10.2. The lowest BCUT2D eigenvalue weighted by Gasteiger charge is -2.34. The van der Waals surface area contributed by atoms with Crippen LogP contribution in [0.5, 0.6) is 5.75 Å². The van der Waals surface area contributed by atoms with Gasteiger partial charge in [0.15, 0.2) is 0 Å². The second kappa shape index (κ2) is 6.86. The summed E-state index contributed by atoms with van der Waals surface area (Å²) in [5, 5.41) is 9.78. The minimum absolute atomic E-state index is 0.0380. The number of anilines is 1. The molecule has 7 nitrogen and oxygen atoms in total. The van der Waals surface area contributed by atoms with Crippen LogP contribution in [0.4, 0.5) is 10.5 Å². The lowest BCUT2D eigenvalue weighted by Crippen LogP contribution is -2.48. The van der Waals surface area contributed by atoms with E-state index in [2.05, 4.69) is 0 Å². The Kier molecular flexibility index (Phi) is 4.88. The van der Waals surface area contributed by atoms with Gasteiger partial charge in [-0.3, -0.25) is 4.90 Å². The van der Waals surface area contributed by atoms with Gasteiger partial charge >= 0.3 is 6.03 Å². The van der Waals surface area contributed by atoms with Gasteiger partial charge in [-0.2, -0.15) is 0 Å². The van der Waals surface area contributed by atoms with E-state index >= 15 is 0 Å². The molecule has 2 aromatic carbocycles. The van der Waals surface area contributed by atoms with Gasteiger partial charge in [-0.25, -0.2) is 17.5 Å². The average Bonchev–Trinajstić information content (AvgIpc) is 2.62. The molecule has 8 heteroatoms. The fourth-order valence-electron chi connectivity index (χ4n) is 2.72. The number of carbonyl (C=O) groups excluding carboxylic acids is 1. The summed E-state index contributed by atoms with van der Waals surface area (Å²) < 4.78 is 32.4. The Morgan fingerprint density at radius 3 is 2.41 bits per heavy atom. The van der Waals surface area contributed by atoms with Crippen LogP contribution in [0.15, 0.2) is 53.4 Å². The van der Waals surface area contributed by atoms with Gasteiger partial charge in [-0.15, -0.1) is 0 Å². The SMILES string of the molecule is CN1C(=O)N(Cc2ccccc2)S(=O)(=O)c2ccc(OCC(C)(C)O)cc21. The van der Waals surface area contributed by atoms with Crippen LogP contribution in [0.2, 0.25) is 0 Å². The summed E-state index contributed by atoms with van der Waals surface area (Å²) >= 11 is 0. The fraction of sp³-hybridized carbons (Fsp3) is 0.316. The molecule has 144 valence electrons. The molecule has 0 radical (unpaired) electrons. The van der Waals surface area contributed by atoms with Crippen molar-refractivity contribution >= 4 is 21.7 Å². The van der Waals surface area contributed by atoms with E-state index in [-0.39, 0.29) is 23.7 Å². The van der Waals surface area contributed by atoms with E-state index in [1.165, 1.54) is 30.1 Å². The van der Waals surface area contributed by atoms with Crippen LogP contribution < -0.4 is 9.64 Å². The minimum Gasteiger partial charge on any atom is -0.491 e. The van der Waals surface area contributed by atoms with Crippen molar-refractivity contribution in [3.05, 3.63) is 54.1 Å². The summed E-state index contributed by atoms with van der Waals surface area (Å²) in [6, 6.07) is 12.8. The summed E-state index contributed by atoms with van der Waals surface area (Å²) in [5.41, 5.74) is -0.0649. The highest BCUT2D eigenvalue weighted by atomic mass is 32.2. The number of amides is 2. The summed E-state index contributed by atoms with van der Waals surface area (Å²) in [7, 11) is -2.46. The van der Waals surface area contributed by atoms with Gasteiger partial charge in [0.2, 0.25) is 0 Å². The van der Waals surface area contributed by atoms with Gasteiger partial charge in [0.05, 0.1) is 17.8 Å². The van der Waals surface area contributed by atoms with Crippen molar-refractivity contribution in [1.82, 2.24) is 4.31 Å². The number of hydrogen-bond donors (Lipinski definition) is 1. The second-order valence-corrected chi connectivity index (χ2v) is 8.90. The Hall–Kier alpha value is -2.58. The molecule has 0 bridgehead atoms. The van der Waals surface area contributed by atoms with E-state index in [0.717, 1.165) is 9.87 Å². The number of urea groups is 1. The molecule has 0 spiro atoms. The van der Waals surface area contributed by atoms with Crippen LogP contribution in [0.1, 0.15) is 19.4 Å². The molecular formula is C19H22N2O5S. The Bertz CT molecular complexity index is 952. The largest absolute Gasteiger partial charge is 0.491 e. The van der Waals surface area contributed by atoms with Crippen molar-refractivity contribution in [2.45, 2.75) is 30.9 Å². The highest BCUT2D eigenvalue weighted by Crippen LogP contribution is 2.37. The van der Waals surface area contributed by atoms with Gasteiger partial charge in [0.1, 0.15) is 17.3 Å². The third-order valence-electron chi connectivity index (χ3n) is 4.12. The zero-order valence-corrected chi connectivity index (χ0v) is 16.2. The first-order valence-electron chi connectivity index (χ1n) is 8.43. The molecule has 0 atom stereocenters. The molecule has 1 aliphatic heterocycles. The molecule has 0 fully saturated rings. The number of ether oxygens (including phenoxy) is 1. The Labute approximate surface area is 158 Å². The van der Waals surface area contributed by atoms with Gasteiger partial charge in [-0.1, -0.05) is 30.3 Å². The van der Waals surface area contributed by atoms with Crippen molar-refractivity contribution < 1.29 is 23.1 Å². The number of aliphatic hydroxyl groups is 1. The van der Waals surface area contributed by atoms with Crippen molar-refractivity contribution in [1.29, 1.82) is 0 Å². The number of carbonyl (C=O) groups is 1. The van der Waals surface area contributed by atoms with Crippen LogP contribution in [0.3, 0.4) is 0 Å². The molecule has 2 amide bonds. The molecule has 0 unspecified atom stereocenters. The first-order chi connectivity index (χ1) is 12.6. The summed E-state index contributed by atoms with van der Waals surface area (Å²) in [5.74, 6) is 0.377. The smallest absolute Gasteiger partial charge is 0.338 e. The Balaban J connectivity index is 1.95. The maximum Gasteiger partial charge on any atom is 0.338 e. The van der Waals surface area contributed by atoms with E-state index in [0.29, 0.717) is 5.75 Å². The maximum absolute atomic E-state index is 13.0. The normalized spacial score (nSPS) is 16.2. The van der Waals surface area contributed by atoms with Crippen LogP contribution in [-0.2, 0) is 16.6 Å². The first kappa shape index (κ1) is 19.2. The monoisotopic (exact) mass is 390 g/mol. The Morgan fingerprint density at radius 2 is 1.78 bits per heavy atom. The van der Waals surface area contributed by atoms with Gasteiger partial charge in [-0.05, 0) is 31.5 Å². The van der Waals surface area contributed by atoms with E-state index < -0.39 is 21.7 Å². The molecule has 27 heavy (non-hydrogen) atoms. The standard InChI is InChI=1S/C19H22N2O5S/c1-19(2,23)13-26-15-9-10-17-16(11-15)20(3)18(22)21(27(17,24)25)12-14-7-5-4-6-8-14/h4-11,23H,12-13H2,1-3H3. The van der Waals surface area contributed by atoms with E-state index in [1.807, 2.05) is 6.07 Å². The van der Waals surface area contributed by atoms with Gasteiger partial charge < -0.3 is 9.84 Å². The van der Waals surface area contributed by atoms with Gasteiger partial charge in [0, 0.05) is 13.1 Å². The van der Waals surface area contributed by atoms with Crippen molar-refractivity contribution in [2.24, 2.45) is 0 Å². The Morgan fingerprint density at radius 1 is 1.11 bits per heavy atom. The fourth-order valence-corrected chi connectivity index (χ4v) is 4.31. The van der Waals surface area contributed by atoms with Crippen LogP contribution in [0, 0.1) is 0 Å². The van der Waals surface area contributed by atoms with Crippen LogP contribution >= 0.6 is 0 Å². The summed E-state index contributed by atoms with van der Waals surface area (Å²) in [6.07, 6.45) is 0. The quantitative estimate of drug-likeness (QED) is 0.848. The average molecular weight is 390 g/mol. The van der Waals surface area contributed by atoms with Gasteiger partial charge in [0.25, 0.3) is 10.0 Å². The predicted molar refractivity (Wildman–Crippen MR) is 101 cm³/mol. The predicted octanol–water partition coefficient (Wildman–Crippen LogP) is 2.60. The van der Waals surface area contributed by atoms with E-state index in [9.17, 15) is 18.3 Å². The van der Waals surface area contributed by atoms with Crippen LogP contribution in [-0.4, -0.2) is 43.1 Å². The third kappa shape index (κ3) is 3.91. The zero-order valence-electron chi connectivity index (χ0n) is 15.4. The molecule has 0 saturated carbocycles. The van der Waals surface area contributed by atoms with E-state index in [4.69, 9.17) is 4.74 Å². The second-order valence-electron chi connectivity index (χ2n) is 7.07. The molecule has 1 N–H and O–H groups in total. The zero-order chi connectivity index (χ0) is 19.8. The molecule has 2 aromatic rings. The number of sulfonamides is 1. The molecule has 0 aromatic heterocycles. The highest BCUT2D eigenvalue weighted by Gasteiger charge is 2.40. The number of benzene rings is 2. The first-order valence-corrected chi connectivity index (χ1v) is 9.87. The van der Waals surface area contributed by atoms with Crippen molar-refractivity contribution in [2.75, 3.05) is 18.6 Å². The molecule has 1 heterocycles. The van der Waals surface area contributed by atoms with Crippen molar-refractivity contribution in [3.63, 3.8) is 0 Å². The van der Waals surface area contributed by atoms with Crippen LogP contribution in [0.25, 0.3) is 0 Å². The molecular weight excluding hydrogens is 368 g/mol. The molecule has 0 saturated heterocycles. The summed E-state index contributed by atoms with van der Waals surface area (Å²) in [6.45, 7) is 3.21. The van der Waals surface area contributed by atoms with E-state index in [1.54, 1.807) is 38.1 Å².